The highest BCUT2D eigenvalue weighted by Gasteiger charge is 2.26. The molecule has 0 aliphatic carbocycles. The number of carbonyl (C=O) groups excluding carboxylic acids is 1. The largest absolute Gasteiger partial charge is 0.334 e. The minimum atomic E-state index is 0. The summed E-state index contributed by atoms with van der Waals surface area (Å²) in [5, 5.41) is 8.99. The highest BCUT2D eigenvalue weighted by atomic mass is 35.5. The normalized spacial score (nSPS) is 16.5. The van der Waals surface area contributed by atoms with Crippen molar-refractivity contribution in [3.8, 4) is 17.2 Å². The molecule has 2 N–H and O–H groups in total. The first-order valence-electron chi connectivity index (χ1n) is 8.76. The minimum Gasteiger partial charge on any atom is -0.334 e. The van der Waals surface area contributed by atoms with Crippen LogP contribution in [0.4, 0.5) is 0 Å². The summed E-state index contributed by atoms with van der Waals surface area (Å²) in [4.78, 5) is 14.7. The maximum absolute atomic E-state index is 12.8. The summed E-state index contributed by atoms with van der Waals surface area (Å²) >= 11 is 0. The molecule has 4 nitrogen and oxygen atoms in total. The van der Waals surface area contributed by atoms with Crippen LogP contribution in [0.5, 0.6) is 0 Å². The zero-order valence-corrected chi connectivity index (χ0v) is 15.8. The summed E-state index contributed by atoms with van der Waals surface area (Å²) in [5.41, 5.74) is 10.4. The van der Waals surface area contributed by atoms with Gasteiger partial charge in [0.05, 0.1) is 11.6 Å². The highest BCUT2D eigenvalue weighted by Crippen LogP contribution is 2.26. The SMILES string of the molecule is Cc1cc(C#N)ccc1-c1ccc(C(=O)N2CCCCC2CN)cc1.Cl. The first-order chi connectivity index (χ1) is 12.1. The van der Waals surface area contributed by atoms with Gasteiger partial charge < -0.3 is 10.6 Å². The minimum absolute atomic E-state index is 0. The summed E-state index contributed by atoms with van der Waals surface area (Å²) in [7, 11) is 0. The predicted octanol–water partition coefficient (Wildman–Crippen LogP) is 3.91. The van der Waals surface area contributed by atoms with Crippen LogP contribution in [0, 0.1) is 18.3 Å². The number of halogens is 1. The van der Waals surface area contributed by atoms with Gasteiger partial charge in [0, 0.05) is 24.7 Å². The van der Waals surface area contributed by atoms with E-state index in [1.807, 2.05) is 54.3 Å². The first-order valence-corrected chi connectivity index (χ1v) is 8.76. The monoisotopic (exact) mass is 369 g/mol. The molecule has 2 aromatic carbocycles. The average molecular weight is 370 g/mol. The van der Waals surface area contributed by atoms with E-state index in [4.69, 9.17) is 11.0 Å². The maximum Gasteiger partial charge on any atom is 0.254 e. The lowest BCUT2D eigenvalue weighted by Gasteiger charge is -2.35. The molecule has 26 heavy (non-hydrogen) atoms. The molecular weight excluding hydrogens is 346 g/mol. The maximum atomic E-state index is 12.8. The molecule has 0 saturated carbocycles. The van der Waals surface area contributed by atoms with Gasteiger partial charge in [0.15, 0.2) is 0 Å². The number of piperidine rings is 1. The van der Waals surface area contributed by atoms with Crippen molar-refractivity contribution >= 4 is 18.3 Å². The van der Waals surface area contributed by atoms with E-state index in [2.05, 4.69) is 6.07 Å². The highest BCUT2D eigenvalue weighted by molar-refractivity contribution is 5.95. The Morgan fingerprint density at radius 2 is 1.96 bits per heavy atom. The molecule has 0 radical (unpaired) electrons. The van der Waals surface area contributed by atoms with Gasteiger partial charge in [0.2, 0.25) is 0 Å². The van der Waals surface area contributed by atoms with Crippen LogP contribution in [0.15, 0.2) is 42.5 Å². The third kappa shape index (κ3) is 4.07. The van der Waals surface area contributed by atoms with E-state index >= 15 is 0 Å². The van der Waals surface area contributed by atoms with E-state index in [0.29, 0.717) is 17.7 Å². The van der Waals surface area contributed by atoms with Gasteiger partial charge in [-0.2, -0.15) is 5.26 Å². The molecule has 1 saturated heterocycles. The van der Waals surface area contributed by atoms with Gasteiger partial charge in [-0.05, 0) is 67.1 Å². The fourth-order valence-electron chi connectivity index (χ4n) is 3.53. The molecule has 136 valence electrons. The standard InChI is InChI=1S/C21H23N3O.ClH/c1-15-12-16(13-22)5-10-20(15)17-6-8-18(9-7-17)21(25)24-11-3-2-4-19(24)14-23;/h5-10,12,19H,2-4,11,14,23H2,1H3;1H. The van der Waals surface area contributed by atoms with Gasteiger partial charge in [-0.3, -0.25) is 4.79 Å². The third-order valence-electron chi connectivity index (χ3n) is 4.96. The number of aryl methyl sites for hydroxylation is 1. The Hall–Kier alpha value is -2.35. The van der Waals surface area contributed by atoms with Crippen molar-refractivity contribution in [3.05, 3.63) is 59.2 Å². The smallest absolute Gasteiger partial charge is 0.254 e. The van der Waals surface area contributed by atoms with Crippen LogP contribution >= 0.6 is 12.4 Å². The quantitative estimate of drug-likeness (QED) is 0.891. The molecule has 1 heterocycles. The zero-order chi connectivity index (χ0) is 17.8. The van der Waals surface area contributed by atoms with Crippen LogP contribution in [0.3, 0.4) is 0 Å². The Morgan fingerprint density at radius 1 is 1.23 bits per heavy atom. The number of nitrogens with zero attached hydrogens (tertiary/aromatic N) is 2. The van der Waals surface area contributed by atoms with Crippen LogP contribution in [-0.4, -0.2) is 29.9 Å². The van der Waals surface area contributed by atoms with Gasteiger partial charge in [0.1, 0.15) is 0 Å². The second kappa shape index (κ2) is 8.84. The molecule has 2 aromatic rings. The van der Waals surface area contributed by atoms with Crippen molar-refractivity contribution in [2.45, 2.75) is 32.2 Å². The lowest BCUT2D eigenvalue weighted by atomic mass is 9.97. The molecule has 3 rings (SSSR count). The van der Waals surface area contributed by atoms with Crippen molar-refractivity contribution in [1.82, 2.24) is 4.90 Å². The number of nitrogens with two attached hydrogens (primary N) is 1. The Morgan fingerprint density at radius 3 is 2.58 bits per heavy atom. The van der Waals surface area contributed by atoms with Crippen LogP contribution in [0.2, 0.25) is 0 Å². The summed E-state index contributed by atoms with van der Waals surface area (Å²) < 4.78 is 0. The zero-order valence-electron chi connectivity index (χ0n) is 14.9. The third-order valence-corrected chi connectivity index (χ3v) is 4.96. The van der Waals surface area contributed by atoms with Gasteiger partial charge in [0.25, 0.3) is 5.91 Å². The molecule has 0 bridgehead atoms. The van der Waals surface area contributed by atoms with E-state index < -0.39 is 0 Å². The molecule has 1 atom stereocenters. The Kier molecular flexibility index (Phi) is 6.79. The fraction of sp³-hybridized carbons (Fsp3) is 0.333. The van der Waals surface area contributed by atoms with Gasteiger partial charge in [-0.25, -0.2) is 0 Å². The van der Waals surface area contributed by atoms with Crippen LogP contribution in [0.25, 0.3) is 11.1 Å². The Labute approximate surface area is 161 Å². The molecule has 0 aromatic heterocycles. The lowest BCUT2D eigenvalue weighted by molar-refractivity contribution is 0.0623. The summed E-state index contributed by atoms with van der Waals surface area (Å²) in [6.07, 6.45) is 3.18. The second-order valence-corrected chi connectivity index (χ2v) is 6.60. The van der Waals surface area contributed by atoms with Crippen molar-refractivity contribution < 1.29 is 4.79 Å². The molecule has 1 aliphatic rings. The second-order valence-electron chi connectivity index (χ2n) is 6.60. The molecule has 1 fully saturated rings. The topological polar surface area (TPSA) is 70.1 Å². The number of rotatable bonds is 3. The summed E-state index contributed by atoms with van der Waals surface area (Å²) in [6, 6.07) is 15.7. The Balaban J connectivity index is 0.00000243. The van der Waals surface area contributed by atoms with E-state index in [-0.39, 0.29) is 24.4 Å². The van der Waals surface area contributed by atoms with Crippen LogP contribution in [-0.2, 0) is 0 Å². The van der Waals surface area contributed by atoms with Crippen molar-refractivity contribution in [3.63, 3.8) is 0 Å². The molecular formula is C21H24ClN3O. The number of likely N-dealkylation sites (tertiary alicyclic amines) is 1. The first kappa shape index (κ1) is 20.0. The molecule has 1 amide bonds. The number of hydrogen-bond acceptors (Lipinski definition) is 3. The Bertz CT molecular complexity index is 811. The van der Waals surface area contributed by atoms with Crippen molar-refractivity contribution in [2.75, 3.05) is 13.1 Å². The molecule has 5 heteroatoms. The van der Waals surface area contributed by atoms with Gasteiger partial charge in [-0.1, -0.05) is 18.2 Å². The molecule has 1 unspecified atom stereocenters. The summed E-state index contributed by atoms with van der Waals surface area (Å²) in [6.45, 7) is 3.31. The number of hydrogen-bond donors (Lipinski definition) is 1. The van der Waals surface area contributed by atoms with E-state index in [1.54, 1.807) is 0 Å². The molecule has 0 spiro atoms. The number of amides is 1. The number of nitriles is 1. The van der Waals surface area contributed by atoms with E-state index in [9.17, 15) is 4.79 Å². The van der Waals surface area contributed by atoms with Crippen LogP contribution < -0.4 is 5.73 Å². The van der Waals surface area contributed by atoms with Crippen molar-refractivity contribution in [2.24, 2.45) is 5.73 Å². The lowest BCUT2D eigenvalue weighted by Crippen LogP contribution is -2.47. The fourth-order valence-corrected chi connectivity index (χ4v) is 3.53. The summed E-state index contributed by atoms with van der Waals surface area (Å²) in [5.74, 6) is 0.0678. The predicted molar refractivity (Wildman–Crippen MR) is 106 cm³/mol. The van der Waals surface area contributed by atoms with E-state index in [1.165, 1.54) is 0 Å². The number of carbonyl (C=O) groups is 1. The van der Waals surface area contributed by atoms with Gasteiger partial charge in [-0.15, -0.1) is 12.4 Å². The average Bonchev–Trinajstić information content (AvgIpc) is 2.67. The van der Waals surface area contributed by atoms with Gasteiger partial charge >= 0.3 is 0 Å². The van der Waals surface area contributed by atoms with E-state index in [0.717, 1.165) is 42.5 Å². The molecule has 1 aliphatic heterocycles. The van der Waals surface area contributed by atoms with Crippen molar-refractivity contribution in [1.29, 1.82) is 5.26 Å². The van der Waals surface area contributed by atoms with Crippen LogP contribution in [0.1, 0.15) is 40.7 Å². The number of benzene rings is 2.